The largest absolute Gasteiger partial charge is 0.482 e. The van der Waals surface area contributed by atoms with Crippen molar-refractivity contribution in [2.75, 3.05) is 6.61 Å². The molecule has 0 aromatic heterocycles. The molecule has 0 bridgehead atoms. The summed E-state index contributed by atoms with van der Waals surface area (Å²) in [5, 5.41) is 0. The fourth-order valence-corrected chi connectivity index (χ4v) is 2.20. The van der Waals surface area contributed by atoms with Crippen molar-refractivity contribution in [1.29, 1.82) is 0 Å². The number of carbonyl (C=O) groups excluding carboxylic acids is 1. The zero-order valence-electron chi connectivity index (χ0n) is 13.6. The molecule has 116 valence electrons. The molecule has 0 unspecified atom stereocenters. The monoisotopic (exact) mass is 298 g/mol. The van der Waals surface area contributed by atoms with E-state index in [0.29, 0.717) is 11.7 Å². The minimum atomic E-state index is -0.398. The van der Waals surface area contributed by atoms with Crippen LogP contribution in [0.5, 0.6) is 11.5 Å². The highest BCUT2D eigenvalue weighted by atomic mass is 16.6. The number of esters is 1. The molecule has 2 aromatic rings. The summed E-state index contributed by atoms with van der Waals surface area (Å²) in [6, 6.07) is 13.5. The van der Waals surface area contributed by atoms with Gasteiger partial charge < -0.3 is 9.47 Å². The van der Waals surface area contributed by atoms with Crippen LogP contribution in [0.1, 0.15) is 36.5 Å². The first kappa shape index (κ1) is 16.1. The van der Waals surface area contributed by atoms with Gasteiger partial charge in [-0.2, -0.15) is 0 Å². The second kappa shape index (κ2) is 7.12. The van der Waals surface area contributed by atoms with E-state index >= 15 is 0 Å². The number of hydrogen-bond acceptors (Lipinski definition) is 3. The summed E-state index contributed by atoms with van der Waals surface area (Å²) >= 11 is 0. The SMILES string of the molecule is Cc1ccc(C(C)C)c(OCC(=O)Oc2ccccc2C)c1. The van der Waals surface area contributed by atoms with Crippen LogP contribution in [-0.2, 0) is 4.79 Å². The number of aryl methyl sites for hydroxylation is 2. The molecule has 0 spiro atoms. The summed E-state index contributed by atoms with van der Waals surface area (Å²) in [6.07, 6.45) is 0. The van der Waals surface area contributed by atoms with Gasteiger partial charge >= 0.3 is 5.97 Å². The van der Waals surface area contributed by atoms with Gasteiger partial charge in [0.05, 0.1) is 0 Å². The van der Waals surface area contributed by atoms with Crippen LogP contribution in [0, 0.1) is 13.8 Å². The van der Waals surface area contributed by atoms with Gasteiger partial charge in [0.2, 0.25) is 0 Å². The first-order valence-corrected chi connectivity index (χ1v) is 7.47. The van der Waals surface area contributed by atoms with Crippen LogP contribution < -0.4 is 9.47 Å². The van der Waals surface area contributed by atoms with Crippen molar-refractivity contribution in [1.82, 2.24) is 0 Å². The molecule has 0 saturated carbocycles. The lowest BCUT2D eigenvalue weighted by atomic mass is 10.0. The quantitative estimate of drug-likeness (QED) is 0.606. The molecular weight excluding hydrogens is 276 g/mol. The lowest BCUT2D eigenvalue weighted by molar-refractivity contribution is -0.136. The van der Waals surface area contributed by atoms with Crippen LogP contribution in [0.4, 0.5) is 0 Å². The minimum absolute atomic E-state index is 0.0997. The van der Waals surface area contributed by atoms with Gasteiger partial charge in [-0.1, -0.05) is 44.2 Å². The van der Waals surface area contributed by atoms with E-state index in [9.17, 15) is 4.79 Å². The van der Waals surface area contributed by atoms with Crippen molar-refractivity contribution in [2.45, 2.75) is 33.6 Å². The Morgan fingerprint density at radius 2 is 1.77 bits per heavy atom. The topological polar surface area (TPSA) is 35.5 Å². The van der Waals surface area contributed by atoms with E-state index in [1.54, 1.807) is 6.07 Å². The van der Waals surface area contributed by atoms with Gasteiger partial charge in [0.15, 0.2) is 6.61 Å². The Bertz CT molecular complexity index is 659. The second-order valence-corrected chi connectivity index (χ2v) is 5.72. The Kier molecular flexibility index (Phi) is 5.21. The van der Waals surface area contributed by atoms with Crippen LogP contribution in [0.15, 0.2) is 42.5 Å². The smallest absolute Gasteiger partial charge is 0.349 e. The van der Waals surface area contributed by atoms with E-state index < -0.39 is 5.97 Å². The van der Waals surface area contributed by atoms with E-state index in [1.165, 1.54) is 0 Å². The first-order valence-electron chi connectivity index (χ1n) is 7.47. The molecule has 0 atom stereocenters. The molecule has 0 N–H and O–H groups in total. The van der Waals surface area contributed by atoms with Gasteiger partial charge in [-0.15, -0.1) is 0 Å². The molecular formula is C19H22O3. The summed E-state index contributed by atoms with van der Waals surface area (Å²) < 4.78 is 11.0. The Hall–Kier alpha value is -2.29. The summed E-state index contributed by atoms with van der Waals surface area (Å²) in [5.41, 5.74) is 3.12. The standard InChI is InChI=1S/C19H22O3/c1-13(2)16-10-9-14(3)11-18(16)21-12-19(20)22-17-8-6-5-7-15(17)4/h5-11,13H,12H2,1-4H3. The molecule has 0 amide bonds. The van der Waals surface area contributed by atoms with Gasteiger partial charge in [-0.05, 0) is 48.6 Å². The summed E-state index contributed by atoms with van der Waals surface area (Å²) in [7, 11) is 0. The van der Waals surface area contributed by atoms with Crippen molar-refractivity contribution in [3.05, 3.63) is 59.2 Å². The predicted octanol–water partition coefficient (Wildman–Crippen LogP) is 4.41. The van der Waals surface area contributed by atoms with Gasteiger partial charge in [-0.25, -0.2) is 4.79 Å². The Morgan fingerprint density at radius 1 is 1.05 bits per heavy atom. The van der Waals surface area contributed by atoms with Crippen molar-refractivity contribution in [3.63, 3.8) is 0 Å². The molecule has 3 nitrogen and oxygen atoms in total. The number of para-hydroxylation sites is 1. The maximum absolute atomic E-state index is 12.0. The van der Waals surface area contributed by atoms with Crippen LogP contribution in [0.3, 0.4) is 0 Å². The maximum atomic E-state index is 12.0. The molecule has 0 saturated heterocycles. The van der Waals surface area contributed by atoms with E-state index in [2.05, 4.69) is 13.8 Å². The van der Waals surface area contributed by atoms with E-state index in [0.717, 1.165) is 22.4 Å². The maximum Gasteiger partial charge on any atom is 0.349 e. The predicted molar refractivity (Wildman–Crippen MR) is 87.6 cm³/mol. The zero-order chi connectivity index (χ0) is 16.1. The fourth-order valence-electron chi connectivity index (χ4n) is 2.20. The Morgan fingerprint density at radius 3 is 2.45 bits per heavy atom. The van der Waals surface area contributed by atoms with Gasteiger partial charge in [0, 0.05) is 0 Å². The molecule has 0 radical (unpaired) electrons. The molecule has 2 rings (SSSR count). The summed E-state index contributed by atoms with van der Waals surface area (Å²) in [6.45, 7) is 8.01. The minimum Gasteiger partial charge on any atom is -0.482 e. The van der Waals surface area contributed by atoms with E-state index in [1.807, 2.05) is 50.2 Å². The molecule has 0 fully saturated rings. The molecule has 0 aliphatic rings. The fraction of sp³-hybridized carbons (Fsp3) is 0.316. The molecule has 2 aromatic carbocycles. The number of rotatable bonds is 5. The normalized spacial score (nSPS) is 10.6. The number of ether oxygens (including phenoxy) is 2. The van der Waals surface area contributed by atoms with Crippen LogP contribution in [0.2, 0.25) is 0 Å². The van der Waals surface area contributed by atoms with Crippen molar-refractivity contribution < 1.29 is 14.3 Å². The van der Waals surface area contributed by atoms with Gasteiger partial charge in [-0.3, -0.25) is 0 Å². The van der Waals surface area contributed by atoms with E-state index in [-0.39, 0.29) is 6.61 Å². The molecule has 0 aliphatic heterocycles. The number of benzene rings is 2. The lowest BCUT2D eigenvalue weighted by Gasteiger charge is -2.14. The highest BCUT2D eigenvalue weighted by molar-refractivity contribution is 5.74. The molecule has 0 aliphatic carbocycles. The summed E-state index contributed by atoms with van der Waals surface area (Å²) in [4.78, 5) is 12.0. The lowest BCUT2D eigenvalue weighted by Crippen LogP contribution is -2.18. The second-order valence-electron chi connectivity index (χ2n) is 5.72. The van der Waals surface area contributed by atoms with Crippen molar-refractivity contribution in [2.24, 2.45) is 0 Å². The van der Waals surface area contributed by atoms with Crippen molar-refractivity contribution in [3.8, 4) is 11.5 Å². The Labute approximate surface area is 131 Å². The molecule has 3 heteroatoms. The highest BCUT2D eigenvalue weighted by Crippen LogP contribution is 2.27. The van der Waals surface area contributed by atoms with Crippen molar-refractivity contribution >= 4 is 5.97 Å². The average molecular weight is 298 g/mol. The van der Waals surface area contributed by atoms with E-state index in [4.69, 9.17) is 9.47 Å². The third-order valence-corrected chi connectivity index (χ3v) is 3.45. The highest BCUT2D eigenvalue weighted by Gasteiger charge is 2.12. The Balaban J connectivity index is 2.02. The number of carbonyl (C=O) groups is 1. The van der Waals surface area contributed by atoms with Gasteiger partial charge in [0.1, 0.15) is 11.5 Å². The van der Waals surface area contributed by atoms with Gasteiger partial charge in [0.25, 0.3) is 0 Å². The average Bonchev–Trinajstić information content (AvgIpc) is 2.47. The zero-order valence-corrected chi connectivity index (χ0v) is 13.6. The third kappa shape index (κ3) is 4.10. The first-order chi connectivity index (χ1) is 10.5. The van der Waals surface area contributed by atoms with Crippen LogP contribution in [0.25, 0.3) is 0 Å². The molecule has 0 heterocycles. The van der Waals surface area contributed by atoms with Crippen LogP contribution >= 0.6 is 0 Å². The number of hydrogen-bond donors (Lipinski definition) is 0. The molecule has 22 heavy (non-hydrogen) atoms. The van der Waals surface area contributed by atoms with Crippen LogP contribution in [-0.4, -0.2) is 12.6 Å². The summed E-state index contributed by atoms with van der Waals surface area (Å²) in [5.74, 6) is 1.26. The third-order valence-electron chi connectivity index (χ3n) is 3.45.